The lowest BCUT2D eigenvalue weighted by molar-refractivity contribution is 0.0696. The van der Waals surface area contributed by atoms with E-state index in [1.54, 1.807) is 6.07 Å². The van der Waals surface area contributed by atoms with Crippen molar-refractivity contribution in [2.75, 3.05) is 0 Å². The molecule has 18 heavy (non-hydrogen) atoms. The third kappa shape index (κ3) is 1.60. The third-order valence-electron chi connectivity index (χ3n) is 2.57. The van der Waals surface area contributed by atoms with Crippen LogP contribution >= 0.6 is 0 Å². The Balaban J connectivity index is 2.34. The molecule has 0 atom stereocenters. The second-order valence-corrected chi connectivity index (χ2v) is 3.70. The molecule has 0 saturated carbocycles. The van der Waals surface area contributed by atoms with Gasteiger partial charge in [-0.25, -0.2) is 19.4 Å². The van der Waals surface area contributed by atoms with Crippen molar-refractivity contribution in [3.8, 4) is 5.82 Å². The predicted molar refractivity (Wildman–Crippen MR) is 63.6 cm³/mol. The van der Waals surface area contributed by atoms with Crippen molar-refractivity contribution in [1.82, 2.24) is 19.7 Å². The topological polar surface area (TPSA) is 80.9 Å². The van der Waals surface area contributed by atoms with Crippen LogP contribution in [-0.2, 0) is 0 Å². The summed E-state index contributed by atoms with van der Waals surface area (Å²) in [4.78, 5) is 19.4. The van der Waals surface area contributed by atoms with Crippen LogP contribution in [0.4, 0.5) is 0 Å². The first-order valence-electron chi connectivity index (χ1n) is 5.24. The van der Waals surface area contributed by atoms with E-state index in [9.17, 15) is 9.90 Å². The molecule has 0 amide bonds. The van der Waals surface area contributed by atoms with E-state index in [2.05, 4.69) is 15.1 Å². The van der Waals surface area contributed by atoms with Gasteiger partial charge in [-0.15, -0.1) is 0 Å². The fourth-order valence-electron chi connectivity index (χ4n) is 1.76. The van der Waals surface area contributed by atoms with Gasteiger partial charge >= 0.3 is 5.97 Å². The van der Waals surface area contributed by atoms with Crippen LogP contribution < -0.4 is 0 Å². The van der Waals surface area contributed by atoms with E-state index < -0.39 is 5.97 Å². The molecule has 0 saturated heterocycles. The summed E-state index contributed by atoms with van der Waals surface area (Å²) in [5, 5.41) is 13.9. The van der Waals surface area contributed by atoms with Gasteiger partial charge in [0.1, 0.15) is 18.2 Å². The summed E-state index contributed by atoms with van der Waals surface area (Å²) in [6.45, 7) is 0. The molecule has 0 aliphatic rings. The van der Waals surface area contributed by atoms with E-state index in [-0.39, 0.29) is 11.4 Å². The molecule has 0 aliphatic heterocycles. The summed E-state index contributed by atoms with van der Waals surface area (Å²) >= 11 is 0. The number of nitrogens with zero attached hydrogens (tertiary/aromatic N) is 4. The van der Waals surface area contributed by atoms with E-state index in [1.807, 2.05) is 24.3 Å². The van der Waals surface area contributed by atoms with Gasteiger partial charge in [0.2, 0.25) is 0 Å². The number of carbonyl (C=O) groups is 1. The van der Waals surface area contributed by atoms with E-state index in [1.165, 1.54) is 17.3 Å². The average Bonchev–Trinajstić information content (AvgIpc) is 2.91. The average molecular weight is 240 g/mol. The fraction of sp³-hybridized carbons (Fsp3) is 0. The summed E-state index contributed by atoms with van der Waals surface area (Å²) in [5.74, 6) is -0.780. The monoisotopic (exact) mass is 240 g/mol. The highest BCUT2D eigenvalue weighted by Crippen LogP contribution is 2.18. The number of pyridine rings is 1. The Bertz CT molecular complexity index is 722. The Morgan fingerprint density at radius 1 is 1.28 bits per heavy atom. The molecule has 0 radical (unpaired) electrons. The summed E-state index contributed by atoms with van der Waals surface area (Å²) in [6, 6.07) is 8.91. The Kier molecular flexibility index (Phi) is 2.26. The Morgan fingerprint density at radius 3 is 2.83 bits per heavy atom. The van der Waals surface area contributed by atoms with Crippen LogP contribution in [0.2, 0.25) is 0 Å². The number of carboxylic acid groups (broad SMARTS) is 1. The maximum atomic E-state index is 11.3. The molecule has 6 nitrogen and oxygen atoms in total. The quantitative estimate of drug-likeness (QED) is 0.734. The molecule has 0 aliphatic carbocycles. The van der Waals surface area contributed by atoms with Crippen LogP contribution in [0, 0.1) is 0 Å². The van der Waals surface area contributed by atoms with Crippen molar-refractivity contribution >= 4 is 16.9 Å². The van der Waals surface area contributed by atoms with Gasteiger partial charge in [0.15, 0.2) is 5.82 Å². The van der Waals surface area contributed by atoms with Gasteiger partial charge in [-0.2, -0.15) is 5.10 Å². The Labute approximate surface area is 102 Å². The molecular weight excluding hydrogens is 232 g/mol. The van der Waals surface area contributed by atoms with E-state index in [4.69, 9.17) is 0 Å². The maximum absolute atomic E-state index is 11.3. The number of rotatable bonds is 2. The first-order valence-corrected chi connectivity index (χ1v) is 5.24. The normalized spacial score (nSPS) is 10.7. The second kappa shape index (κ2) is 3.92. The van der Waals surface area contributed by atoms with Gasteiger partial charge in [-0.05, 0) is 12.1 Å². The fourth-order valence-corrected chi connectivity index (χ4v) is 1.76. The summed E-state index contributed by atoms with van der Waals surface area (Å²) in [5.41, 5.74) is 0.812. The maximum Gasteiger partial charge on any atom is 0.339 e. The van der Waals surface area contributed by atoms with Gasteiger partial charge in [0.25, 0.3) is 0 Å². The van der Waals surface area contributed by atoms with Crippen molar-refractivity contribution in [3.05, 3.63) is 48.5 Å². The predicted octanol–water partition coefficient (Wildman–Crippen LogP) is 1.51. The number of hydrogen-bond donors (Lipinski definition) is 1. The lowest BCUT2D eigenvalue weighted by Crippen LogP contribution is -2.08. The molecule has 1 aromatic carbocycles. The lowest BCUT2D eigenvalue weighted by atomic mass is 10.1. The van der Waals surface area contributed by atoms with Crippen LogP contribution in [0.3, 0.4) is 0 Å². The zero-order valence-corrected chi connectivity index (χ0v) is 9.19. The zero-order chi connectivity index (χ0) is 12.5. The number of aromatic carboxylic acids is 1. The third-order valence-corrected chi connectivity index (χ3v) is 2.57. The highest BCUT2D eigenvalue weighted by Gasteiger charge is 2.15. The molecule has 3 rings (SSSR count). The molecule has 6 heteroatoms. The second-order valence-electron chi connectivity index (χ2n) is 3.70. The SMILES string of the molecule is O=C(O)c1cc2ccccc2nc1-n1cncn1. The van der Waals surface area contributed by atoms with Gasteiger partial charge in [0, 0.05) is 5.39 Å². The standard InChI is InChI=1S/C12H8N4O2/c17-12(18)9-5-8-3-1-2-4-10(8)15-11(9)16-7-13-6-14-16/h1-7H,(H,17,18). The van der Waals surface area contributed by atoms with Crippen molar-refractivity contribution in [1.29, 1.82) is 0 Å². The Hall–Kier alpha value is -2.76. The first-order chi connectivity index (χ1) is 8.75. The highest BCUT2D eigenvalue weighted by atomic mass is 16.4. The van der Waals surface area contributed by atoms with Gasteiger partial charge < -0.3 is 5.11 Å². The molecule has 88 valence electrons. The van der Waals surface area contributed by atoms with E-state index >= 15 is 0 Å². The number of carboxylic acids is 1. The number of para-hydroxylation sites is 1. The van der Waals surface area contributed by atoms with Gasteiger partial charge in [-0.1, -0.05) is 18.2 Å². The van der Waals surface area contributed by atoms with Crippen molar-refractivity contribution in [2.24, 2.45) is 0 Å². The number of fused-ring (bicyclic) bond motifs is 1. The Morgan fingerprint density at radius 2 is 2.11 bits per heavy atom. The smallest absolute Gasteiger partial charge is 0.339 e. The molecule has 2 heterocycles. The van der Waals surface area contributed by atoms with Crippen molar-refractivity contribution in [2.45, 2.75) is 0 Å². The van der Waals surface area contributed by atoms with Crippen LogP contribution in [0.25, 0.3) is 16.7 Å². The molecular formula is C12H8N4O2. The van der Waals surface area contributed by atoms with Crippen molar-refractivity contribution < 1.29 is 9.90 Å². The van der Waals surface area contributed by atoms with Crippen molar-refractivity contribution in [3.63, 3.8) is 0 Å². The summed E-state index contributed by atoms with van der Waals surface area (Å²) < 4.78 is 1.34. The molecule has 1 N–H and O–H groups in total. The minimum Gasteiger partial charge on any atom is -0.478 e. The van der Waals surface area contributed by atoms with Crippen LogP contribution in [0.5, 0.6) is 0 Å². The van der Waals surface area contributed by atoms with Crippen LogP contribution in [0.1, 0.15) is 10.4 Å². The molecule has 3 aromatic rings. The lowest BCUT2D eigenvalue weighted by Gasteiger charge is -2.06. The summed E-state index contributed by atoms with van der Waals surface area (Å²) in [6.07, 6.45) is 2.76. The molecule has 2 aromatic heterocycles. The van der Waals surface area contributed by atoms with Crippen LogP contribution in [0.15, 0.2) is 43.0 Å². The summed E-state index contributed by atoms with van der Waals surface area (Å²) in [7, 11) is 0. The van der Waals surface area contributed by atoms with E-state index in [0.717, 1.165) is 5.39 Å². The molecule has 0 unspecified atom stereocenters. The number of hydrogen-bond acceptors (Lipinski definition) is 4. The first kappa shape index (κ1) is 10.4. The molecule has 0 bridgehead atoms. The number of benzene rings is 1. The molecule has 0 spiro atoms. The highest BCUT2D eigenvalue weighted by molar-refractivity contribution is 5.96. The number of aromatic nitrogens is 4. The van der Waals surface area contributed by atoms with E-state index in [0.29, 0.717) is 5.52 Å². The zero-order valence-electron chi connectivity index (χ0n) is 9.19. The molecule has 0 fully saturated rings. The minimum absolute atomic E-state index is 0.0965. The largest absolute Gasteiger partial charge is 0.478 e. The van der Waals surface area contributed by atoms with Gasteiger partial charge in [-0.3, -0.25) is 0 Å². The van der Waals surface area contributed by atoms with Gasteiger partial charge in [0.05, 0.1) is 5.52 Å². The van der Waals surface area contributed by atoms with Crippen LogP contribution in [-0.4, -0.2) is 30.8 Å². The minimum atomic E-state index is -1.04.